The van der Waals surface area contributed by atoms with Crippen molar-refractivity contribution in [1.29, 1.82) is 0 Å². The Bertz CT molecular complexity index is 320. The van der Waals surface area contributed by atoms with E-state index in [4.69, 9.17) is 10.5 Å². The summed E-state index contributed by atoms with van der Waals surface area (Å²) in [6.45, 7) is 0.214. The number of hydrogen-bond acceptors (Lipinski definition) is 4. The van der Waals surface area contributed by atoms with Crippen LogP contribution >= 0.6 is 0 Å². The van der Waals surface area contributed by atoms with Gasteiger partial charge in [-0.2, -0.15) is 0 Å². The first-order valence-electron chi connectivity index (χ1n) is 4.54. The van der Waals surface area contributed by atoms with E-state index in [0.717, 1.165) is 6.07 Å². The molecule has 0 radical (unpaired) electrons. The van der Waals surface area contributed by atoms with Crippen LogP contribution in [0.1, 0.15) is 18.1 Å². The van der Waals surface area contributed by atoms with E-state index < -0.39 is 11.9 Å². The number of halogens is 1. The maximum atomic E-state index is 13.4. The predicted molar refractivity (Wildman–Crippen MR) is 53.2 cm³/mol. The maximum Gasteiger partial charge on any atom is 0.136 e. The summed E-state index contributed by atoms with van der Waals surface area (Å²) in [6.07, 6.45) is -0.905. The lowest BCUT2D eigenvalue weighted by molar-refractivity contribution is 0.161. The summed E-state index contributed by atoms with van der Waals surface area (Å²) in [5.41, 5.74) is 5.10. The van der Waals surface area contributed by atoms with Gasteiger partial charge >= 0.3 is 0 Å². The highest BCUT2D eigenvalue weighted by Crippen LogP contribution is 2.32. The van der Waals surface area contributed by atoms with Gasteiger partial charge in [0.05, 0.1) is 18.8 Å². The maximum absolute atomic E-state index is 13.4. The van der Waals surface area contributed by atoms with E-state index in [-0.39, 0.29) is 30.0 Å². The third-order valence-corrected chi connectivity index (χ3v) is 2.09. The fraction of sp³-hybridized carbons (Fsp3) is 0.400. The molecule has 0 spiro atoms. The molecule has 1 atom stereocenters. The van der Waals surface area contributed by atoms with Crippen LogP contribution in [0, 0.1) is 5.82 Å². The smallest absolute Gasteiger partial charge is 0.136 e. The molecule has 1 aromatic carbocycles. The first-order chi connectivity index (χ1) is 7.10. The van der Waals surface area contributed by atoms with E-state index in [2.05, 4.69) is 0 Å². The molecule has 84 valence electrons. The second-order valence-corrected chi connectivity index (χ2v) is 3.14. The number of aliphatic hydroxyl groups is 1. The second kappa shape index (κ2) is 4.95. The Morgan fingerprint density at radius 3 is 2.67 bits per heavy atom. The van der Waals surface area contributed by atoms with Gasteiger partial charge in [0.2, 0.25) is 0 Å². The number of benzene rings is 1. The van der Waals surface area contributed by atoms with Crippen molar-refractivity contribution < 1.29 is 19.3 Å². The zero-order chi connectivity index (χ0) is 11.4. The van der Waals surface area contributed by atoms with Gasteiger partial charge in [0.1, 0.15) is 17.3 Å². The molecular weight excluding hydrogens is 201 g/mol. The van der Waals surface area contributed by atoms with Crippen molar-refractivity contribution in [2.75, 3.05) is 13.7 Å². The topological polar surface area (TPSA) is 75.7 Å². The number of phenolic OH excluding ortho intramolecular Hbond substituents is 1. The molecule has 0 bridgehead atoms. The second-order valence-electron chi connectivity index (χ2n) is 3.14. The van der Waals surface area contributed by atoms with E-state index in [1.54, 1.807) is 0 Å². The molecule has 0 heterocycles. The van der Waals surface area contributed by atoms with E-state index in [0.29, 0.717) is 0 Å². The summed E-state index contributed by atoms with van der Waals surface area (Å²) in [4.78, 5) is 0. The average molecular weight is 215 g/mol. The molecule has 0 amide bonds. The van der Waals surface area contributed by atoms with Crippen LogP contribution in [0.15, 0.2) is 12.1 Å². The van der Waals surface area contributed by atoms with Crippen molar-refractivity contribution in [3.63, 3.8) is 0 Å². The minimum Gasteiger partial charge on any atom is -0.507 e. The molecule has 0 aliphatic rings. The zero-order valence-electron chi connectivity index (χ0n) is 8.40. The monoisotopic (exact) mass is 215 g/mol. The fourth-order valence-electron chi connectivity index (χ4n) is 1.33. The Hall–Kier alpha value is -1.33. The molecule has 0 aliphatic heterocycles. The van der Waals surface area contributed by atoms with Crippen LogP contribution in [-0.2, 0) is 0 Å². The van der Waals surface area contributed by atoms with Gasteiger partial charge in [-0.1, -0.05) is 0 Å². The van der Waals surface area contributed by atoms with Gasteiger partial charge in [-0.15, -0.1) is 0 Å². The van der Waals surface area contributed by atoms with Crippen LogP contribution in [0.3, 0.4) is 0 Å². The SMILES string of the molecule is COc1cc(O)c(C(O)CCN)c(F)c1. The highest BCUT2D eigenvalue weighted by molar-refractivity contribution is 5.42. The summed E-state index contributed by atoms with van der Waals surface area (Å²) in [5, 5.41) is 19.0. The first-order valence-corrected chi connectivity index (χ1v) is 4.54. The quantitative estimate of drug-likeness (QED) is 0.698. The summed E-state index contributed by atoms with van der Waals surface area (Å²) in [6, 6.07) is 2.35. The van der Waals surface area contributed by atoms with Crippen LogP contribution < -0.4 is 10.5 Å². The molecule has 4 N–H and O–H groups in total. The molecule has 0 fully saturated rings. The minimum absolute atomic E-state index is 0.138. The molecule has 1 unspecified atom stereocenters. The van der Waals surface area contributed by atoms with E-state index in [9.17, 15) is 14.6 Å². The summed E-state index contributed by atoms with van der Waals surface area (Å²) < 4.78 is 18.2. The number of hydrogen-bond donors (Lipinski definition) is 3. The number of nitrogens with two attached hydrogens (primary N) is 1. The summed E-state index contributed by atoms with van der Waals surface area (Å²) in [5.74, 6) is -0.825. The number of aliphatic hydroxyl groups excluding tert-OH is 1. The van der Waals surface area contributed by atoms with Crippen LogP contribution in [-0.4, -0.2) is 23.9 Å². The zero-order valence-corrected chi connectivity index (χ0v) is 8.40. The lowest BCUT2D eigenvalue weighted by Gasteiger charge is -2.13. The van der Waals surface area contributed by atoms with Crippen molar-refractivity contribution >= 4 is 0 Å². The highest BCUT2D eigenvalue weighted by atomic mass is 19.1. The predicted octanol–water partition coefficient (Wildman–Crippen LogP) is 0.922. The van der Waals surface area contributed by atoms with Gasteiger partial charge in [0, 0.05) is 12.1 Å². The van der Waals surface area contributed by atoms with Gasteiger partial charge in [-0.3, -0.25) is 0 Å². The van der Waals surface area contributed by atoms with Crippen molar-refractivity contribution in [2.45, 2.75) is 12.5 Å². The summed E-state index contributed by atoms with van der Waals surface area (Å²) >= 11 is 0. The molecule has 1 rings (SSSR count). The number of phenols is 1. The Labute approximate surface area is 87.1 Å². The lowest BCUT2D eigenvalue weighted by atomic mass is 10.0. The minimum atomic E-state index is -1.10. The fourth-order valence-corrected chi connectivity index (χ4v) is 1.33. The van der Waals surface area contributed by atoms with Crippen molar-refractivity contribution in [3.8, 4) is 11.5 Å². The van der Waals surface area contributed by atoms with Gasteiger partial charge in [0.25, 0.3) is 0 Å². The third-order valence-electron chi connectivity index (χ3n) is 2.09. The summed E-state index contributed by atoms with van der Waals surface area (Å²) in [7, 11) is 1.37. The third kappa shape index (κ3) is 2.57. The molecule has 0 aliphatic carbocycles. The number of ether oxygens (including phenoxy) is 1. The molecule has 4 nitrogen and oxygen atoms in total. The van der Waals surface area contributed by atoms with E-state index >= 15 is 0 Å². The van der Waals surface area contributed by atoms with Crippen molar-refractivity contribution in [3.05, 3.63) is 23.5 Å². The molecule has 15 heavy (non-hydrogen) atoms. The molecule has 0 saturated carbocycles. The Kier molecular flexibility index (Phi) is 3.88. The largest absolute Gasteiger partial charge is 0.507 e. The van der Waals surface area contributed by atoms with Gasteiger partial charge in [0.15, 0.2) is 0 Å². The van der Waals surface area contributed by atoms with Crippen LogP contribution in [0.4, 0.5) is 4.39 Å². The molecule has 0 aromatic heterocycles. The Balaban J connectivity index is 3.07. The first kappa shape index (κ1) is 11.7. The standard InChI is InChI=1S/C10H14FNO3/c1-15-6-4-7(11)10(9(14)5-6)8(13)2-3-12/h4-5,8,13-14H,2-3,12H2,1H3. The number of aromatic hydroxyl groups is 1. The lowest BCUT2D eigenvalue weighted by Crippen LogP contribution is -2.08. The van der Waals surface area contributed by atoms with Crippen LogP contribution in [0.2, 0.25) is 0 Å². The molecule has 5 heteroatoms. The van der Waals surface area contributed by atoms with Crippen molar-refractivity contribution in [2.24, 2.45) is 5.73 Å². The van der Waals surface area contributed by atoms with Gasteiger partial charge in [-0.05, 0) is 13.0 Å². The average Bonchev–Trinajstić information content (AvgIpc) is 2.16. The van der Waals surface area contributed by atoms with Crippen molar-refractivity contribution in [1.82, 2.24) is 0 Å². The molecular formula is C10H14FNO3. The van der Waals surface area contributed by atoms with Gasteiger partial charge < -0.3 is 20.7 Å². The number of methoxy groups -OCH3 is 1. The normalized spacial score (nSPS) is 12.5. The van der Waals surface area contributed by atoms with Crippen LogP contribution in [0.5, 0.6) is 11.5 Å². The molecule has 1 aromatic rings. The van der Waals surface area contributed by atoms with Crippen LogP contribution in [0.25, 0.3) is 0 Å². The Morgan fingerprint density at radius 1 is 1.53 bits per heavy atom. The highest BCUT2D eigenvalue weighted by Gasteiger charge is 2.18. The van der Waals surface area contributed by atoms with E-state index in [1.165, 1.54) is 13.2 Å². The molecule has 0 saturated heterocycles. The Morgan fingerprint density at radius 2 is 2.20 bits per heavy atom. The van der Waals surface area contributed by atoms with Gasteiger partial charge in [-0.25, -0.2) is 4.39 Å². The van der Waals surface area contributed by atoms with E-state index in [1.807, 2.05) is 0 Å². The number of rotatable bonds is 4.